The van der Waals surface area contributed by atoms with Gasteiger partial charge in [0.05, 0.1) is 0 Å². The number of rotatable bonds is 2. The molecule has 0 spiro atoms. The van der Waals surface area contributed by atoms with Crippen molar-refractivity contribution in [2.45, 2.75) is 32.7 Å². The van der Waals surface area contributed by atoms with Crippen molar-refractivity contribution in [3.63, 3.8) is 0 Å². The van der Waals surface area contributed by atoms with Crippen LogP contribution in [0.4, 0.5) is 0 Å². The summed E-state index contributed by atoms with van der Waals surface area (Å²) in [4.78, 5) is 0. The molecule has 0 aromatic rings. The van der Waals surface area contributed by atoms with Gasteiger partial charge in [-0.1, -0.05) is 20.3 Å². The van der Waals surface area contributed by atoms with Crippen LogP contribution in [-0.4, -0.2) is 6.04 Å². The van der Waals surface area contributed by atoms with Crippen molar-refractivity contribution in [2.24, 2.45) is 17.6 Å². The highest BCUT2D eigenvalue weighted by Crippen LogP contribution is 2.36. The third-order valence-corrected chi connectivity index (χ3v) is 2.27. The first kappa shape index (κ1) is 6.09. The summed E-state index contributed by atoms with van der Waals surface area (Å²) in [5.74, 6) is 1.73. The van der Waals surface area contributed by atoms with Crippen LogP contribution in [0.1, 0.15) is 26.7 Å². The van der Waals surface area contributed by atoms with Gasteiger partial charge in [0.1, 0.15) is 0 Å². The maximum absolute atomic E-state index is 5.64. The molecule has 0 aromatic carbocycles. The first-order valence-corrected chi connectivity index (χ1v) is 3.51. The van der Waals surface area contributed by atoms with Crippen molar-refractivity contribution in [2.75, 3.05) is 0 Å². The van der Waals surface area contributed by atoms with Gasteiger partial charge in [0.2, 0.25) is 0 Å². The lowest BCUT2D eigenvalue weighted by atomic mass is 10.0. The van der Waals surface area contributed by atoms with Gasteiger partial charge in [0.15, 0.2) is 0 Å². The summed E-state index contributed by atoms with van der Waals surface area (Å²) in [6, 6.07) is 0.546. The number of nitrogens with two attached hydrogens (primary N) is 1. The Labute approximate surface area is 51.3 Å². The van der Waals surface area contributed by atoms with Crippen LogP contribution < -0.4 is 5.73 Å². The van der Waals surface area contributed by atoms with Crippen molar-refractivity contribution in [1.29, 1.82) is 0 Å². The number of hydrogen-bond donors (Lipinski definition) is 1. The van der Waals surface area contributed by atoms with Crippen molar-refractivity contribution in [1.82, 2.24) is 0 Å². The average molecular weight is 113 g/mol. The van der Waals surface area contributed by atoms with Crippen molar-refractivity contribution < 1.29 is 0 Å². The zero-order valence-corrected chi connectivity index (χ0v) is 5.72. The SMILES string of the molecule is CCC(C)[C@@H]1C[C@H]1N. The van der Waals surface area contributed by atoms with Gasteiger partial charge in [-0.25, -0.2) is 0 Å². The van der Waals surface area contributed by atoms with Gasteiger partial charge < -0.3 is 5.73 Å². The van der Waals surface area contributed by atoms with Gasteiger partial charge in [-0.05, 0) is 18.3 Å². The van der Waals surface area contributed by atoms with Crippen LogP contribution in [0.2, 0.25) is 0 Å². The monoisotopic (exact) mass is 113 g/mol. The van der Waals surface area contributed by atoms with Crippen LogP contribution in [0, 0.1) is 11.8 Å². The largest absolute Gasteiger partial charge is 0.327 e. The van der Waals surface area contributed by atoms with E-state index in [0.29, 0.717) is 6.04 Å². The van der Waals surface area contributed by atoms with Crippen LogP contribution >= 0.6 is 0 Å². The predicted molar refractivity (Wildman–Crippen MR) is 35.5 cm³/mol. The molecule has 0 aliphatic heterocycles. The second-order valence-corrected chi connectivity index (χ2v) is 2.95. The molecule has 2 N–H and O–H groups in total. The smallest absolute Gasteiger partial charge is 0.00736 e. The van der Waals surface area contributed by atoms with Crippen molar-refractivity contribution >= 4 is 0 Å². The van der Waals surface area contributed by atoms with Crippen LogP contribution in [0.25, 0.3) is 0 Å². The highest BCUT2D eigenvalue weighted by atomic mass is 14.7. The summed E-state index contributed by atoms with van der Waals surface area (Å²) in [5, 5.41) is 0. The van der Waals surface area contributed by atoms with Gasteiger partial charge in [-0.2, -0.15) is 0 Å². The third kappa shape index (κ3) is 1.03. The fraction of sp³-hybridized carbons (Fsp3) is 1.00. The number of hydrogen-bond acceptors (Lipinski definition) is 1. The molecule has 0 aromatic heterocycles. The molecule has 0 saturated heterocycles. The highest BCUT2D eigenvalue weighted by molar-refractivity contribution is 4.92. The molecule has 1 aliphatic carbocycles. The molecule has 1 fully saturated rings. The van der Waals surface area contributed by atoms with Gasteiger partial charge in [-0.15, -0.1) is 0 Å². The van der Waals surface area contributed by atoms with Gasteiger partial charge in [0.25, 0.3) is 0 Å². The Morgan fingerprint density at radius 1 is 1.75 bits per heavy atom. The quantitative estimate of drug-likeness (QED) is 0.575. The van der Waals surface area contributed by atoms with E-state index in [-0.39, 0.29) is 0 Å². The van der Waals surface area contributed by atoms with E-state index in [4.69, 9.17) is 5.73 Å². The Hall–Kier alpha value is -0.0400. The molecule has 48 valence electrons. The Balaban J connectivity index is 2.18. The Bertz CT molecular complexity index is 78.5. The third-order valence-electron chi connectivity index (χ3n) is 2.27. The van der Waals surface area contributed by atoms with Gasteiger partial charge >= 0.3 is 0 Å². The first-order chi connectivity index (χ1) is 3.75. The molecule has 1 saturated carbocycles. The Kier molecular flexibility index (Phi) is 1.57. The zero-order valence-electron chi connectivity index (χ0n) is 5.72. The molecule has 0 radical (unpaired) electrons. The van der Waals surface area contributed by atoms with Crippen LogP contribution in [0.15, 0.2) is 0 Å². The molecule has 8 heavy (non-hydrogen) atoms. The average Bonchev–Trinajstić information content (AvgIpc) is 2.45. The summed E-state index contributed by atoms with van der Waals surface area (Å²) in [6.45, 7) is 4.52. The summed E-state index contributed by atoms with van der Waals surface area (Å²) < 4.78 is 0. The van der Waals surface area contributed by atoms with E-state index in [1.165, 1.54) is 12.8 Å². The summed E-state index contributed by atoms with van der Waals surface area (Å²) in [5.41, 5.74) is 5.64. The van der Waals surface area contributed by atoms with E-state index in [9.17, 15) is 0 Å². The fourth-order valence-electron chi connectivity index (χ4n) is 1.19. The molecule has 1 unspecified atom stereocenters. The Morgan fingerprint density at radius 3 is 2.38 bits per heavy atom. The molecule has 1 nitrogen and oxygen atoms in total. The summed E-state index contributed by atoms with van der Waals surface area (Å²) in [7, 11) is 0. The maximum Gasteiger partial charge on any atom is 0.00736 e. The van der Waals surface area contributed by atoms with E-state index < -0.39 is 0 Å². The molecule has 1 rings (SSSR count). The van der Waals surface area contributed by atoms with Gasteiger partial charge in [0, 0.05) is 6.04 Å². The second kappa shape index (κ2) is 2.06. The summed E-state index contributed by atoms with van der Waals surface area (Å²) >= 11 is 0. The molecule has 0 amide bonds. The Morgan fingerprint density at radius 2 is 2.25 bits per heavy atom. The van der Waals surface area contributed by atoms with Crippen molar-refractivity contribution in [3.05, 3.63) is 0 Å². The molecule has 1 aliphatic rings. The van der Waals surface area contributed by atoms with E-state index in [0.717, 1.165) is 11.8 Å². The lowest BCUT2D eigenvalue weighted by molar-refractivity contribution is 0.481. The van der Waals surface area contributed by atoms with E-state index in [2.05, 4.69) is 13.8 Å². The minimum absolute atomic E-state index is 0.546. The van der Waals surface area contributed by atoms with Crippen LogP contribution in [-0.2, 0) is 0 Å². The minimum atomic E-state index is 0.546. The lowest BCUT2D eigenvalue weighted by Crippen LogP contribution is -2.07. The molecule has 0 heterocycles. The topological polar surface area (TPSA) is 26.0 Å². The van der Waals surface area contributed by atoms with Crippen LogP contribution in [0.5, 0.6) is 0 Å². The lowest BCUT2D eigenvalue weighted by Gasteiger charge is -2.03. The van der Waals surface area contributed by atoms with E-state index in [1.807, 2.05) is 0 Å². The zero-order chi connectivity index (χ0) is 6.15. The van der Waals surface area contributed by atoms with Crippen LogP contribution in [0.3, 0.4) is 0 Å². The standard InChI is InChI=1S/C7H15N/c1-3-5(2)6-4-7(6)8/h5-7H,3-4,8H2,1-2H3/t5?,6-,7+/m0/s1. The first-order valence-electron chi connectivity index (χ1n) is 3.51. The molecule has 1 heteroatoms. The molecular formula is C7H15N. The highest BCUT2D eigenvalue weighted by Gasteiger charge is 2.36. The van der Waals surface area contributed by atoms with Crippen molar-refractivity contribution in [3.8, 4) is 0 Å². The van der Waals surface area contributed by atoms with E-state index >= 15 is 0 Å². The predicted octanol–water partition coefficient (Wildman–Crippen LogP) is 1.38. The van der Waals surface area contributed by atoms with E-state index in [1.54, 1.807) is 0 Å². The molecule has 0 bridgehead atoms. The maximum atomic E-state index is 5.64. The molecular weight excluding hydrogens is 98.1 g/mol. The fourth-order valence-corrected chi connectivity index (χ4v) is 1.19. The molecule has 3 atom stereocenters. The second-order valence-electron chi connectivity index (χ2n) is 2.95. The van der Waals surface area contributed by atoms with Gasteiger partial charge in [-0.3, -0.25) is 0 Å². The normalized spacial score (nSPS) is 39.4. The summed E-state index contributed by atoms with van der Waals surface area (Å²) in [6.07, 6.45) is 2.56. The minimum Gasteiger partial charge on any atom is -0.327 e.